The molecule has 0 bridgehead atoms. The standard InChI is InChI=1S/C15H9F5N2O4S/c1-6(23)21-7-2-4-8(5-3-7)27(25,26)22-15(24)9-10(16)12(18)14(20)13(19)11(9)17/h2-5H,1H3,(H,21,23)(H,22,24)/p-1. The molecule has 1 amide bonds. The van der Waals surface area contributed by atoms with Gasteiger partial charge in [0.25, 0.3) is 10.0 Å². The Morgan fingerprint density at radius 2 is 1.37 bits per heavy atom. The van der Waals surface area contributed by atoms with E-state index in [1.54, 1.807) is 0 Å². The summed E-state index contributed by atoms with van der Waals surface area (Å²) in [4.78, 5) is 10.3. The largest absolute Gasteiger partial charge is 0.857 e. The summed E-state index contributed by atoms with van der Waals surface area (Å²) in [6.07, 6.45) is 0. The molecule has 144 valence electrons. The summed E-state index contributed by atoms with van der Waals surface area (Å²) in [6, 6.07) is 4.09. The number of sulfonamides is 1. The second kappa shape index (κ2) is 7.31. The van der Waals surface area contributed by atoms with Crippen LogP contribution < -0.4 is 10.4 Å². The zero-order valence-electron chi connectivity index (χ0n) is 13.2. The Hall–Kier alpha value is -3.02. The molecule has 0 atom stereocenters. The lowest BCUT2D eigenvalue weighted by atomic mass is 10.1. The number of hydrogen-bond acceptors (Lipinski definition) is 4. The zero-order chi connectivity index (χ0) is 20.5. The summed E-state index contributed by atoms with van der Waals surface area (Å²) in [7, 11) is -4.83. The number of nitrogens with one attached hydrogen (secondary N) is 1. The fourth-order valence-corrected chi connectivity index (χ4v) is 2.81. The summed E-state index contributed by atoms with van der Waals surface area (Å²) in [5.41, 5.74) is -1.79. The Balaban J connectivity index is 2.50. The van der Waals surface area contributed by atoms with Crippen LogP contribution in [0, 0.1) is 29.1 Å². The molecule has 0 saturated carbocycles. The monoisotopic (exact) mass is 407 g/mol. The van der Waals surface area contributed by atoms with Crippen molar-refractivity contribution in [3.63, 3.8) is 0 Å². The smallest absolute Gasteiger partial charge is 0.281 e. The van der Waals surface area contributed by atoms with Crippen molar-refractivity contribution in [1.82, 2.24) is 0 Å². The molecular formula is C15H8F5N2O4S-. The normalized spacial score (nSPS) is 12.1. The fourth-order valence-electron chi connectivity index (χ4n) is 1.91. The molecule has 0 heterocycles. The Labute approximate surface area is 149 Å². The van der Waals surface area contributed by atoms with Gasteiger partial charge < -0.3 is 10.4 Å². The van der Waals surface area contributed by atoms with Gasteiger partial charge in [-0.05, 0) is 24.3 Å². The quantitative estimate of drug-likeness (QED) is 0.275. The minimum atomic E-state index is -4.83. The van der Waals surface area contributed by atoms with Crippen molar-refractivity contribution < 1.29 is 40.3 Å². The number of nitrogens with zero attached hydrogens (tertiary/aromatic N) is 1. The molecule has 27 heavy (non-hydrogen) atoms. The summed E-state index contributed by atoms with van der Waals surface area (Å²) < 4.78 is 93.0. The maximum absolute atomic E-state index is 13.6. The maximum Gasteiger partial charge on any atom is 0.281 e. The minimum Gasteiger partial charge on any atom is -0.857 e. The van der Waals surface area contributed by atoms with Gasteiger partial charge >= 0.3 is 0 Å². The van der Waals surface area contributed by atoms with Gasteiger partial charge in [-0.1, -0.05) is 0 Å². The second-order valence-corrected chi connectivity index (χ2v) is 6.63. The molecule has 0 spiro atoms. The van der Waals surface area contributed by atoms with E-state index in [0.29, 0.717) is 0 Å². The van der Waals surface area contributed by atoms with E-state index in [4.69, 9.17) is 0 Å². The summed E-state index contributed by atoms with van der Waals surface area (Å²) in [5.74, 6) is -15.0. The molecule has 1 N–H and O–H groups in total. The molecule has 2 aromatic carbocycles. The minimum absolute atomic E-state index is 0.201. The van der Waals surface area contributed by atoms with Crippen molar-refractivity contribution in [2.75, 3.05) is 5.32 Å². The Morgan fingerprint density at radius 3 is 1.81 bits per heavy atom. The molecule has 0 aromatic heterocycles. The highest BCUT2D eigenvalue weighted by Gasteiger charge is 2.26. The van der Waals surface area contributed by atoms with E-state index >= 15 is 0 Å². The Morgan fingerprint density at radius 1 is 0.926 bits per heavy atom. The van der Waals surface area contributed by atoms with Gasteiger partial charge in [-0.2, -0.15) is 12.8 Å². The Bertz CT molecular complexity index is 1020. The van der Waals surface area contributed by atoms with Crippen molar-refractivity contribution in [1.29, 1.82) is 0 Å². The van der Waals surface area contributed by atoms with Crippen LogP contribution in [-0.4, -0.2) is 20.2 Å². The molecule has 0 aliphatic rings. The number of rotatable bonds is 4. The van der Waals surface area contributed by atoms with E-state index in [9.17, 15) is 40.3 Å². The van der Waals surface area contributed by atoms with Gasteiger partial charge in [0.1, 0.15) is 0 Å². The average Bonchev–Trinajstić information content (AvgIpc) is 2.58. The van der Waals surface area contributed by atoms with Gasteiger partial charge in [0.15, 0.2) is 23.3 Å². The topological polar surface area (TPSA) is 98.7 Å². The van der Waals surface area contributed by atoms with Crippen LogP contribution in [0.15, 0.2) is 33.6 Å². The van der Waals surface area contributed by atoms with Crippen molar-refractivity contribution in [3.05, 3.63) is 58.9 Å². The number of hydrogen-bond donors (Lipinski definition) is 1. The third kappa shape index (κ3) is 4.05. The average molecular weight is 407 g/mol. The van der Waals surface area contributed by atoms with E-state index in [-0.39, 0.29) is 5.69 Å². The molecule has 0 fully saturated rings. The highest BCUT2D eigenvalue weighted by Crippen LogP contribution is 2.24. The number of carbonyl (C=O) groups is 1. The molecule has 2 aromatic rings. The lowest BCUT2D eigenvalue weighted by Crippen LogP contribution is -2.25. The van der Waals surface area contributed by atoms with E-state index in [0.717, 1.165) is 24.3 Å². The van der Waals surface area contributed by atoms with E-state index in [1.165, 1.54) is 6.92 Å². The maximum atomic E-state index is 13.6. The molecule has 0 radical (unpaired) electrons. The van der Waals surface area contributed by atoms with Gasteiger partial charge in [-0.25, -0.2) is 22.0 Å². The number of anilines is 1. The van der Waals surface area contributed by atoms with Gasteiger partial charge in [0, 0.05) is 18.5 Å². The van der Waals surface area contributed by atoms with E-state index in [1.807, 2.05) is 0 Å². The first-order chi connectivity index (χ1) is 12.5. The number of benzene rings is 2. The van der Waals surface area contributed by atoms with Gasteiger partial charge in [0.05, 0.1) is 10.5 Å². The van der Waals surface area contributed by atoms with Crippen molar-refractivity contribution in [3.8, 4) is 0 Å². The van der Waals surface area contributed by atoms with Gasteiger partial charge in [-0.3, -0.25) is 4.79 Å². The molecule has 0 aliphatic carbocycles. The summed E-state index contributed by atoms with van der Waals surface area (Å²) in [5, 5.41) is 14.1. The highest BCUT2D eigenvalue weighted by molar-refractivity contribution is 7.90. The zero-order valence-corrected chi connectivity index (χ0v) is 14.0. The van der Waals surface area contributed by atoms with Crippen LogP contribution in [0.25, 0.3) is 0 Å². The summed E-state index contributed by atoms with van der Waals surface area (Å²) >= 11 is 0. The van der Waals surface area contributed by atoms with E-state index in [2.05, 4.69) is 9.71 Å². The van der Waals surface area contributed by atoms with Crippen LogP contribution in [0.4, 0.5) is 27.6 Å². The molecule has 0 aliphatic heterocycles. The van der Waals surface area contributed by atoms with Crippen LogP contribution in [0.5, 0.6) is 0 Å². The van der Waals surface area contributed by atoms with Crippen LogP contribution in [0.2, 0.25) is 0 Å². The third-order valence-electron chi connectivity index (χ3n) is 3.10. The first-order valence-electron chi connectivity index (χ1n) is 6.87. The fraction of sp³-hybridized carbons (Fsp3) is 0.0667. The van der Waals surface area contributed by atoms with Crippen LogP contribution in [0.1, 0.15) is 12.5 Å². The predicted molar refractivity (Wildman–Crippen MR) is 80.7 cm³/mol. The van der Waals surface area contributed by atoms with Crippen LogP contribution in [0.3, 0.4) is 0 Å². The summed E-state index contributed by atoms with van der Waals surface area (Å²) in [6.45, 7) is 1.20. The van der Waals surface area contributed by atoms with Crippen molar-refractivity contribution >= 4 is 27.5 Å². The van der Waals surface area contributed by atoms with Crippen LogP contribution in [-0.2, 0) is 14.8 Å². The van der Waals surface area contributed by atoms with E-state index < -0.39 is 61.4 Å². The first kappa shape index (κ1) is 20.3. The molecule has 2 rings (SSSR count). The second-order valence-electron chi connectivity index (χ2n) is 5.02. The number of halogens is 5. The SMILES string of the molecule is CC(=O)Nc1ccc(S(=O)(=O)/N=C(\[O-])c2c(F)c(F)c(F)c(F)c2F)cc1. The Kier molecular flexibility index (Phi) is 5.49. The van der Waals surface area contributed by atoms with Crippen molar-refractivity contribution in [2.45, 2.75) is 11.8 Å². The third-order valence-corrected chi connectivity index (χ3v) is 4.37. The van der Waals surface area contributed by atoms with Crippen LogP contribution >= 0.6 is 0 Å². The lowest BCUT2D eigenvalue weighted by molar-refractivity contribution is -0.212. The van der Waals surface area contributed by atoms with Gasteiger partial charge in [0.2, 0.25) is 11.7 Å². The molecule has 12 heteroatoms. The molecule has 0 unspecified atom stereocenters. The van der Waals surface area contributed by atoms with Crippen molar-refractivity contribution in [2.24, 2.45) is 4.40 Å². The first-order valence-corrected chi connectivity index (χ1v) is 8.31. The number of amides is 1. The molecule has 0 saturated heterocycles. The predicted octanol–water partition coefficient (Wildman–Crippen LogP) is 1.84. The highest BCUT2D eigenvalue weighted by atomic mass is 32.2. The number of carbonyl (C=O) groups excluding carboxylic acids is 1. The lowest BCUT2D eigenvalue weighted by Gasteiger charge is -2.14. The van der Waals surface area contributed by atoms with Gasteiger partial charge in [-0.15, -0.1) is 0 Å². The molecular weight excluding hydrogens is 399 g/mol. The molecule has 6 nitrogen and oxygen atoms in total.